The predicted octanol–water partition coefficient (Wildman–Crippen LogP) is 5.01. The molecule has 0 aliphatic rings. The number of carbonyl (C=O) groups excluding carboxylic acids is 2. The third-order valence-corrected chi connectivity index (χ3v) is 5.43. The molecule has 0 saturated heterocycles. The lowest BCUT2D eigenvalue weighted by molar-refractivity contribution is -0.140. The average Bonchev–Trinajstić information content (AvgIpc) is 2.69. The minimum Gasteiger partial charge on any atom is -0.352 e. The monoisotopic (exact) mass is 438 g/mol. The minimum atomic E-state index is -0.738. The first kappa shape index (κ1) is 23.2. The van der Waals surface area contributed by atoms with Gasteiger partial charge in [0.15, 0.2) is 0 Å². The van der Waals surface area contributed by atoms with Gasteiger partial charge in [-0.25, -0.2) is 4.39 Å². The van der Waals surface area contributed by atoms with Crippen LogP contribution in [0.3, 0.4) is 0 Å². The van der Waals surface area contributed by atoms with Crippen LogP contribution >= 0.6 is 23.2 Å². The number of hydrogen-bond acceptors (Lipinski definition) is 2. The smallest absolute Gasteiger partial charge is 0.242 e. The predicted molar refractivity (Wildman–Crippen MR) is 114 cm³/mol. The summed E-state index contributed by atoms with van der Waals surface area (Å²) < 4.78 is 14.2. The third-order valence-electron chi connectivity index (χ3n) is 4.82. The molecule has 2 aromatic carbocycles. The molecule has 0 heterocycles. The van der Waals surface area contributed by atoms with E-state index in [1.807, 2.05) is 13.8 Å². The lowest BCUT2D eigenvalue weighted by Crippen LogP contribution is -2.50. The molecule has 2 rings (SSSR count). The van der Waals surface area contributed by atoms with Gasteiger partial charge in [0.05, 0.1) is 6.42 Å². The second kappa shape index (κ2) is 10.6. The van der Waals surface area contributed by atoms with Gasteiger partial charge in [0.2, 0.25) is 11.8 Å². The molecule has 2 amide bonds. The highest BCUT2D eigenvalue weighted by Gasteiger charge is 2.28. The second-order valence-electron chi connectivity index (χ2n) is 7.02. The van der Waals surface area contributed by atoms with Crippen LogP contribution in [0.25, 0.3) is 0 Å². The van der Waals surface area contributed by atoms with Gasteiger partial charge in [-0.3, -0.25) is 9.59 Å². The summed E-state index contributed by atoms with van der Waals surface area (Å²) >= 11 is 12.0. The van der Waals surface area contributed by atoms with Gasteiger partial charge in [-0.2, -0.15) is 0 Å². The fourth-order valence-corrected chi connectivity index (χ4v) is 3.14. The van der Waals surface area contributed by atoms with Crippen LogP contribution in [0.1, 0.15) is 38.3 Å². The zero-order chi connectivity index (χ0) is 21.6. The fraction of sp³-hybridized carbons (Fsp3) is 0.364. The number of amides is 2. The molecule has 0 unspecified atom stereocenters. The Hall–Kier alpha value is -2.11. The van der Waals surface area contributed by atoms with Gasteiger partial charge in [-0.15, -0.1) is 0 Å². The Balaban J connectivity index is 2.28. The van der Waals surface area contributed by atoms with E-state index >= 15 is 0 Å². The van der Waals surface area contributed by atoms with Crippen LogP contribution < -0.4 is 5.32 Å². The van der Waals surface area contributed by atoms with Crippen molar-refractivity contribution in [3.63, 3.8) is 0 Å². The van der Waals surface area contributed by atoms with Gasteiger partial charge < -0.3 is 10.2 Å². The number of benzene rings is 2. The summed E-state index contributed by atoms with van der Waals surface area (Å²) in [6, 6.07) is 10.5. The standard InChI is InChI=1S/C22H25Cl2FN2O2/c1-4-14(2)26-22(29)15(3)27(13-16-8-10-17(23)11-9-16)21(28)12-18-19(24)6-5-7-20(18)25/h5-11,14-15H,4,12-13H2,1-3H3,(H,26,29)/t14-,15+/m1/s1. The number of nitrogens with zero attached hydrogens (tertiary/aromatic N) is 1. The molecule has 7 heteroatoms. The van der Waals surface area contributed by atoms with E-state index in [0.29, 0.717) is 5.02 Å². The quantitative estimate of drug-likeness (QED) is 0.629. The highest BCUT2D eigenvalue weighted by Crippen LogP contribution is 2.22. The zero-order valence-electron chi connectivity index (χ0n) is 16.7. The molecule has 1 N–H and O–H groups in total. The van der Waals surface area contributed by atoms with Crippen LogP contribution in [0, 0.1) is 5.82 Å². The topological polar surface area (TPSA) is 49.4 Å². The van der Waals surface area contributed by atoms with Gasteiger partial charge in [0.25, 0.3) is 0 Å². The van der Waals surface area contributed by atoms with E-state index in [-0.39, 0.29) is 35.5 Å². The lowest BCUT2D eigenvalue weighted by atomic mass is 10.1. The first-order valence-electron chi connectivity index (χ1n) is 9.50. The molecule has 0 aliphatic heterocycles. The molecule has 2 atom stereocenters. The van der Waals surface area contributed by atoms with Crippen LogP contribution in [-0.2, 0) is 22.6 Å². The molecule has 29 heavy (non-hydrogen) atoms. The molecule has 156 valence electrons. The maximum Gasteiger partial charge on any atom is 0.242 e. The number of hydrogen-bond donors (Lipinski definition) is 1. The Kier molecular flexibility index (Phi) is 8.47. The average molecular weight is 439 g/mol. The van der Waals surface area contributed by atoms with Gasteiger partial charge >= 0.3 is 0 Å². The van der Waals surface area contributed by atoms with Crippen molar-refractivity contribution in [1.29, 1.82) is 0 Å². The highest BCUT2D eigenvalue weighted by atomic mass is 35.5. The summed E-state index contributed by atoms with van der Waals surface area (Å²) in [5.74, 6) is -1.20. The molecule has 4 nitrogen and oxygen atoms in total. The second-order valence-corrected chi connectivity index (χ2v) is 7.86. The van der Waals surface area contributed by atoms with Crippen LogP contribution in [0.2, 0.25) is 10.0 Å². The van der Waals surface area contributed by atoms with Crippen molar-refractivity contribution in [3.8, 4) is 0 Å². The first-order chi connectivity index (χ1) is 13.7. The molecular formula is C22H25Cl2FN2O2. The molecule has 0 fully saturated rings. The lowest BCUT2D eigenvalue weighted by Gasteiger charge is -2.30. The summed E-state index contributed by atoms with van der Waals surface area (Å²) in [5, 5.41) is 3.65. The van der Waals surface area contributed by atoms with E-state index in [4.69, 9.17) is 23.2 Å². The SMILES string of the molecule is CC[C@@H](C)NC(=O)[C@H](C)N(Cc1ccc(Cl)cc1)C(=O)Cc1c(F)cccc1Cl. The summed E-state index contributed by atoms with van der Waals surface area (Å²) in [6.07, 6.45) is 0.536. The van der Waals surface area contributed by atoms with Crippen molar-refractivity contribution in [2.24, 2.45) is 0 Å². The van der Waals surface area contributed by atoms with Gasteiger partial charge in [0.1, 0.15) is 11.9 Å². The van der Waals surface area contributed by atoms with E-state index in [2.05, 4.69) is 5.32 Å². The fourth-order valence-electron chi connectivity index (χ4n) is 2.79. The molecule has 2 aromatic rings. The number of carbonyl (C=O) groups is 2. The maximum absolute atomic E-state index is 14.2. The molecule has 0 saturated carbocycles. The van der Waals surface area contributed by atoms with Crippen LogP contribution in [0.15, 0.2) is 42.5 Å². The third kappa shape index (κ3) is 6.44. The minimum absolute atomic E-state index is 0.0153. The number of nitrogens with one attached hydrogen (secondary N) is 1. The molecule has 0 aliphatic carbocycles. The Labute approximate surface area is 181 Å². The summed E-state index contributed by atoms with van der Waals surface area (Å²) in [4.78, 5) is 27.2. The van der Waals surface area contributed by atoms with Gasteiger partial charge in [-0.1, -0.05) is 48.3 Å². The summed E-state index contributed by atoms with van der Waals surface area (Å²) in [6.45, 7) is 5.72. The number of halogens is 3. The van der Waals surface area contributed by atoms with Crippen molar-refractivity contribution >= 4 is 35.0 Å². The van der Waals surface area contributed by atoms with E-state index in [9.17, 15) is 14.0 Å². The molecule has 0 spiro atoms. The largest absolute Gasteiger partial charge is 0.352 e. The van der Waals surface area contributed by atoms with Crippen LogP contribution in [-0.4, -0.2) is 28.8 Å². The van der Waals surface area contributed by atoms with Crippen molar-refractivity contribution in [1.82, 2.24) is 10.2 Å². The molecule has 0 bridgehead atoms. The van der Waals surface area contributed by atoms with Crippen LogP contribution in [0.4, 0.5) is 4.39 Å². The zero-order valence-corrected chi connectivity index (χ0v) is 18.2. The van der Waals surface area contributed by atoms with E-state index in [0.717, 1.165) is 12.0 Å². The first-order valence-corrected chi connectivity index (χ1v) is 10.3. The number of rotatable bonds is 8. The molecule has 0 radical (unpaired) electrons. The van der Waals surface area contributed by atoms with Crippen molar-refractivity contribution in [2.45, 2.75) is 52.2 Å². The summed E-state index contributed by atoms with van der Waals surface area (Å²) in [7, 11) is 0. The maximum atomic E-state index is 14.2. The Bertz CT molecular complexity index is 838. The highest BCUT2D eigenvalue weighted by molar-refractivity contribution is 6.31. The summed E-state index contributed by atoms with van der Waals surface area (Å²) in [5.41, 5.74) is 0.931. The van der Waals surface area contributed by atoms with E-state index in [1.165, 1.54) is 23.1 Å². The van der Waals surface area contributed by atoms with Gasteiger partial charge in [0, 0.05) is 28.2 Å². The van der Waals surface area contributed by atoms with Crippen molar-refractivity contribution in [2.75, 3.05) is 0 Å². The van der Waals surface area contributed by atoms with E-state index in [1.54, 1.807) is 31.2 Å². The Morgan fingerprint density at radius 1 is 1.10 bits per heavy atom. The Morgan fingerprint density at radius 3 is 2.34 bits per heavy atom. The van der Waals surface area contributed by atoms with E-state index < -0.39 is 17.8 Å². The Morgan fingerprint density at radius 2 is 1.76 bits per heavy atom. The van der Waals surface area contributed by atoms with Crippen molar-refractivity contribution in [3.05, 3.63) is 69.5 Å². The molecular weight excluding hydrogens is 414 g/mol. The normalized spacial score (nSPS) is 12.9. The van der Waals surface area contributed by atoms with Gasteiger partial charge in [-0.05, 0) is 50.1 Å². The molecule has 0 aromatic heterocycles. The van der Waals surface area contributed by atoms with Crippen molar-refractivity contribution < 1.29 is 14.0 Å². The van der Waals surface area contributed by atoms with Crippen LogP contribution in [0.5, 0.6) is 0 Å².